The molecule has 1 atom stereocenters. The van der Waals surface area contributed by atoms with Crippen LogP contribution in [0.2, 0.25) is 5.02 Å². The summed E-state index contributed by atoms with van der Waals surface area (Å²) < 4.78 is 10.7. The van der Waals surface area contributed by atoms with E-state index < -0.39 is 0 Å². The zero-order chi connectivity index (χ0) is 15.2. The van der Waals surface area contributed by atoms with Crippen molar-refractivity contribution in [3.8, 4) is 11.5 Å². The van der Waals surface area contributed by atoms with Crippen LogP contribution >= 0.6 is 11.6 Å². The van der Waals surface area contributed by atoms with Crippen molar-refractivity contribution in [1.29, 1.82) is 0 Å². The fourth-order valence-corrected chi connectivity index (χ4v) is 2.29. The highest BCUT2D eigenvalue weighted by Crippen LogP contribution is 2.29. The normalized spacial score (nSPS) is 12.0. The Bertz CT molecular complexity index is 584. The molecule has 3 nitrogen and oxygen atoms in total. The summed E-state index contributed by atoms with van der Waals surface area (Å²) in [5.41, 5.74) is 2.26. The number of hydrogen-bond donors (Lipinski definition) is 1. The van der Waals surface area contributed by atoms with E-state index in [1.54, 1.807) is 14.2 Å². The number of benzene rings is 2. The average Bonchev–Trinajstić information content (AvgIpc) is 2.53. The van der Waals surface area contributed by atoms with Crippen LogP contribution < -0.4 is 14.8 Å². The van der Waals surface area contributed by atoms with Gasteiger partial charge in [-0.2, -0.15) is 0 Å². The molecular formula is C17H20ClNO2. The first-order valence-corrected chi connectivity index (χ1v) is 7.21. The van der Waals surface area contributed by atoms with E-state index in [1.165, 1.54) is 5.56 Å². The van der Waals surface area contributed by atoms with Gasteiger partial charge in [0, 0.05) is 23.2 Å². The summed E-state index contributed by atoms with van der Waals surface area (Å²) in [5, 5.41) is 4.23. The Labute approximate surface area is 130 Å². The fraction of sp³-hybridized carbons (Fsp3) is 0.294. The zero-order valence-corrected chi connectivity index (χ0v) is 13.3. The topological polar surface area (TPSA) is 30.5 Å². The Morgan fingerprint density at radius 2 is 1.76 bits per heavy atom. The molecule has 1 unspecified atom stereocenters. The molecule has 0 radical (unpaired) electrons. The molecule has 112 valence electrons. The molecule has 1 N–H and O–H groups in total. The van der Waals surface area contributed by atoms with Crippen molar-refractivity contribution in [2.45, 2.75) is 19.5 Å². The van der Waals surface area contributed by atoms with E-state index in [1.807, 2.05) is 42.5 Å². The van der Waals surface area contributed by atoms with Gasteiger partial charge in [0.05, 0.1) is 14.2 Å². The SMILES string of the molecule is COc1ccc(OC)c(C(C)NCc2ccc(Cl)cc2)c1. The highest BCUT2D eigenvalue weighted by atomic mass is 35.5. The molecule has 0 saturated carbocycles. The molecule has 0 saturated heterocycles. The number of rotatable bonds is 6. The van der Waals surface area contributed by atoms with Gasteiger partial charge in [0.15, 0.2) is 0 Å². The van der Waals surface area contributed by atoms with Crippen LogP contribution in [-0.2, 0) is 6.54 Å². The number of halogens is 1. The Kier molecular flexibility index (Phi) is 5.48. The molecule has 4 heteroatoms. The van der Waals surface area contributed by atoms with Gasteiger partial charge in [-0.1, -0.05) is 23.7 Å². The quantitative estimate of drug-likeness (QED) is 0.867. The van der Waals surface area contributed by atoms with Crippen molar-refractivity contribution in [3.05, 3.63) is 58.6 Å². The summed E-state index contributed by atoms with van der Waals surface area (Å²) in [4.78, 5) is 0. The molecule has 0 aromatic heterocycles. The molecule has 0 heterocycles. The monoisotopic (exact) mass is 305 g/mol. The van der Waals surface area contributed by atoms with Gasteiger partial charge in [-0.05, 0) is 42.8 Å². The van der Waals surface area contributed by atoms with Crippen LogP contribution in [-0.4, -0.2) is 14.2 Å². The smallest absolute Gasteiger partial charge is 0.123 e. The Morgan fingerprint density at radius 1 is 1.05 bits per heavy atom. The molecule has 0 fully saturated rings. The molecule has 2 aromatic carbocycles. The predicted octanol–water partition coefficient (Wildman–Crippen LogP) is 4.21. The van der Waals surface area contributed by atoms with Crippen molar-refractivity contribution in [2.75, 3.05) is 14.2 Å². The first-order chi connectivity index (χ1) is 10.1. The second-order valence-electron chi connectivity index (χ2n) is 4.84. The lowest BCUT2D eigenvalue weighted by atomic mass is 10.1. The largest absolute Gasteiger partial charge is 0.497 e. The lowest BCUT2D eigenvalue weighted by Crippen LogP contribution is -2.18. The summed E-state index contributed by atoms with van der Waals surface area (Å²) in [6.07, 6.45) is 0. The van der Waals surface area contributed by atoms with Crippen LogP contribution in [0.3, 0.4) is 0 Å². The van der Waals surface area contributed by atoms with Gasteiger partial charge in [-0.3, -0.25) is 0 Å². The fourth-order valence-electron chi connectivity index (χ4n) is 2.16. The van der Waals surface area contributed by atoms with Crippen LogP contribution in [0.25, 0.3) is 0 Å². The third-order valence-corrected chi connectivity index (χ3v) is 3.68. The molecule has 0 aliphatic heterocycles. The van der Waals surface area contributed by atoms with Crippen LogP contribution in [0, 0.1) is 0 Å². The lowest BCUT2D eigenvalue weighted by molar-refractivity contribution is 0.391. The molecule has 2 rings (SSSR count). The maximum Gasteiger partial charge on any atom is 0.123 e. The Hall–Kier alpha value is -1.71. The zero-order valence-electron chi connectivity index (χ0n) is 12.5. The van der Waals surface area contributed by atoms with Gasteiger partial charge < -0.3 is 14.8 Å². The summed E-state index contributed by atoms with van der Waals surface area (Å²) in [6.45, 7) is 2.87. The van der Waals surface area contributed by atoms with Crippen LogP contribution in [0.15, 0.2) is 42.5 Å². The standard InChI is InChI=1S/C17H20ClNO2/c1-12(19-11-13-4-6-14(18)7-5-13)16-10-15(20-2)8-9-17(16)21-3/h4-10,12,19H,11H2,1-3H3. The van der Waals surface area contributed by atoms with Crippen molar-refractivity contribution >= 4 is 11.6 Å². The molecule has 0 bridgehead atoms. The van der Waals surface area contributed by atoms with Gasteiger partial charge in [0.2, 0.25) is 0 Å². The van der Waals surface area contributed by atoms with E-state index in [-0.39, 0.29) is 6.04 Å². The molecule has 0 spiro atoms. The minimum absolute atomic E-state index is 0.144. The van der Waals surface area contributed by atoms with E-state index in [0.29, 0.717) is 0 Å². The third-order valence-electron chi connectivity index (χ3n) is 3.43. The van der Waals surface area contributed by atoms with Gasteiger partial charge in [0.25, 0.3) is 0 Å². The molecule has 2 aromatic rings. The third kappa shape index (κ3) is 4.13. The Balaban J connectivity index is 2.08. The van der Waals surface area contributed by atoms with Gasteiger partial charge in [0.1, 0.15) is 11.5 Å². The van der Waals surface area contributed by atoms with Crippen molar-refractivity contribution < 1.29 is 9.47 Å². The van der Waals surface area contributed by atoms with Crippen molar-refractivity contribution in [1.82, 2.24) is 5.32 Å². The van der Waals surface area contributed by atoms with E-state index >= 15 is 0 Å². The molecular weight excluding hydrogens is 286 g/mol. The molecule has 21 heavy (non-hydrogen) atoms. The van der Waals surface area contributed by atoms with Gasteiger partial charge in [-0.25, -0.2) is 0 Å². The van der Waals surface area contributed by atoms with Crippen LogP contribution in [0.4, 0.5) is 0 Å². The molecule has 0 amide bonds. The van der Waals surface area contributed by atoms with E-state index in [2.05, 4.69) is 12.2 Å². The second kappa shape index (κ2) is 7.34. The van der Waals surface area contributed by atoms with E-state index in [0.717, 1.165) is 28.6 Å². The lowest BCUT2D eigenvalue weighted by Gasteiger charge is -2.18. The number of methoxy groups -OCH3 is 2. The summed E-state index contributed by atoms with van der Waals surface area (Å²) in [6, 6.07) is 13.8. The highest BCUT2D eigenvalue weighted by Gasteiger charge is 2.12. The maximum absolute atomic E-state index is 5.89. The Morgan fingerprint density at radius 3 is 2.38 bits per heavy atom. The second-order valence-corrected chi connectivity index (χ2v) is 5.27. The van der Waals surface area contributed by atoms with Crippen LogP contribution in [0.5, 0.6) is 11.5 Å². The summed E-state index contributed by atoms with van der Waals surface area (Å²) in [5.74, 6) is 1.68. The van der Waals surface area contributed by atoms with Gasteiger partial charge >= 0.3 is 0 Å². The number of nitrogens with one attached hydrogen (secondary N) is 1. The first kappa shape index (κ1) is 15.7. The van der Waals surface area contributed by atoms with Gasteiger partial charge in [-0.15, -0.1) is 0 Å². The van der Waals surface area contributed by atoms with Crippen molar-refractivity contribution in [3.63, 3.8) is 0 Å². The summed E-state index contributed by atoms with van der Waals surface area (Å²) >= 11 is 5.89. The highest BCUT2D eigenvalue weighted by molar-refractivity contribution is 6.30. The van der Waals surface area contributed by atoms with Crippen molar-refractivity contribution in [2.24, 2.45) is 0 Å². The van der Waals surface area contributed by atoms with E-state index in [4.69, 9.17) is 21.1 Å². The first-order valence-electron chi connectivity index (χ1n) is 6.83. The molecule has 0 aliphatic carbocycles. The molecule has 0 aliphatic rings. The summed E-state index contributed by atoms with van der Waals surface area (Å²) in [7, 11) is 3.34. The van der Waals surface area contributed by atoms with E-state index in [9.17, 15) is 0 Å². The number of hydrogen-bond acceptors (Lipinski definition) is 3. The predicted molar refractivity (Wildman–Crippen MR) is 86.3 cm³/mol. The minimum Gasteiger partial charge on any atom is -0.497 e. The van der Waals surface area contributed by atoms with Crippen LogP contribution in [0.1, 0.15) is 24.1 Å². The number of ether oxygens (including phenoxy) is 2. The maximum atomic E-state index is 5.89. The average molecular weight is 306 g/mol. The minimum atomic E-state index is 0.144.